The molecule has 0 bridgehead atoms. The van der Waals surface area contributed by atoms with Crippen LogP contribution in [-0.2, 0) is 37.4 Å². The van der Waals surface area contributed by atoms with Gasteiger partial charge in [-0.25, -0.2) is 6.40 Å². The Bertz CT molecular complexity index is 94.4. The van der Waals surface area contributed by atoms with Crippen LogP contribution < -0.4 is 0 Å². The molecule has 0 amide bonds. The summed E-state index contributed by atoms with van der Waals surface area (Å²) in [6.45, 7) is 3.98. The Labute approximate surface area is 74.6 Å². The number of hydrogen-bond donors (Lipinski definition) is 0. The van der Waals surface area contributed by atoms with Gasteiger partial charge in [0.1, 0.15) is 0 Å². The minimum atomic E-state index is 0. The van der Waals surface area contributed by atoms with Gasteiger partial charge >= 0.3 is 0 Å². The maximum atomic E-state index is 4.85. The molecule has 0 saturated carbocycles. The zero-order chi connectivity index (χ0) is 5.28. The Morgan fingerprint density at radius 3 is 2.25 bits per heavy atom. The molecule has 0 aromatic heterocycles. The molecule has 1 aliphatic rings. The van der Waals surface area contributed by atoms with Gasteiger partial charge in [-0.2, -0.15) is 0 Å². The van der Waals surface area contributed by atoms with Gasteiger partial charge in [0.25, 0.3) is 0 Å². The van der Waals surface area contributed by atoms with Crippen molar-refractivity contribution in [2.45, 2.75) is 26.0 Å². The van der Waals surface area contributed by atoms with E-state index in [0.29, 0.717) is 6.04 Å². The van der Waals surface area contributed by atoms with E-state index in [9.17, 15) is 0 Å². The monoisotopic (exact) mass is 187 g/mol. The van der Waals surface area contributed by atoms with Crippen molar-refractivity contribution in [3.8, 4) is 0 Å². The summed E-state index contributed by atoms with van der Waals surface area (Å²) in [5, 5.41) is 0. The SMILES string of the molecule is CC1N=[C-]OC1C.[Y]. The minimum Gasteiger partial charge on any atom is -0.671 e. The number of ether oxygens (including phenoxy) is 1. The van der Waals surface area contributed by atoms with E-state index < -0.39 is 0 Å². The van der Waals surface area contributed by atoms with Crippen LogP contribution in [0.3, 0.4) is 0 Å². The van der Waals surface area contributed by atoms with Crippen LogP contribution in [0.5, 0.6) is 0 Å². The van der Waals surface area contributed by atoms with Crippen molar-refractivity contribution in [2.24, 2.45) is 4.99 Å². The molecule has 0 saturated heterocycles. The Balaban J connectivity index is 0.000000490. The van der Waals surface area contributed by atoms with E-state index in [2.05, 4.69) is 11.4 Å². The van der Waals surface area contributed by atoms with Gasteiger partial charge in [0.05, 0.1) is 6.10 Å². The Morgan fingerprint density at radius 2 is 2.12 bits per heavy atom. The van der Waals surface area contributed by atoms with E-state index in [0.717, 1.165) is 0 Å². The summed E-state index contributed by atoms with van der Waals surface area (Å²) in [6, 6.07) is 0.306. The van der Waals surface area contributed by atoms with Crippen molar-refractivity contribution in [3.63, 3.8) is 0 Å². The number of hydrogen-bond acceptors (Lipinski definition) is 2. The summed E-state index contributed by atoms with van der Waals surface area (Å²) in [6.07, 6.45) is 2.68. The quantitative estimate of drug-likeness (QED) is 0.511. The van der Waals surface area contributed by atoms with E-state index in [-0.39, 0.29) is 38.8 Å². The van der Waals surface area contributed by atoms with Crippen LogP contribution in [0, 0.1) is 0 Å². The topological polar surface area (TPSA) is 21.6 Å². The van der Waals surface area contributed by atoms with Crippen LogP contribution in [0.2, 0.25) is 0 Å². The Hall–Kier alpha value is 0.574. The predicted octanol–water partition coefficient (Wildman–Crippen LogP) is 0.696. The standard InChI is InChI=1S/C5H8NO.Y/c1-4-5(2)7-3-6-4;/h4-5H,1-2H3;/q-1;. The molecule has 0 fully saturated rings. The van der Waals surface area contributed by atoms with Gasteiger partial charge in [0.2, 0.25) is 0 Å². The molecule has 0 N–H and O–H groups in total. The third-order valence-corrected chi connectivity index (χ3v) is 1.17. The fourth-order valence-corrected chi connectivity index (χ4v) is 0.400. The third kappa shape index (κ3) is 1.83. The van der Waals surface area contributed by atoms with Gasteiger partial charge in [0.15, 0.2) is 0 Å². The van der Waals surface area contributed by atoms with Crippen LogP contribution in [0.1, 0.15) is 13.8 Å². The fourth-order valence-electron chi connectivity index (χ4n) is 0.400. The number of aliphatic imine (C=N–C) groups is 1. The van der Waals surface area contributed by atoms with Gasteiger partial charge in [-0.1, -0.05) is 0 Å². The van der Waals surface area contributed by atoms with Crippen LogP contribution in [-0.4, -0.2) is 18.5 Å². The van der Waals surface area contributed by atoms with Crippen molar-refractivity contribution in [2.75, 3.05) is 0 Å². The third-order valence-electron chi connectivity index (χ3n) is 1.17. The zero-order valence-electron chi connectivity index (χ0n) is 5.09. The van der Waals surface area contributed by atoms with E-state index in [4.69, 9.17) is 4.74 Å². The van der Waals surface area contributed by atoms with Crippen molar-refractivity contribution < 1.29 is 37.4 Å². The molecule has 1 radical (unpaired) electrons. The normalized spacial score (nSPS) is 33.8. The molecule has 1 heterocycles. The molecule has 0 aromatic carbocycles. The molecule has 1 aliphatic heterocycles. The fraction of sp³-hybridized carbons (Fsp3) is 0.800. The van der Waals surface area contributed by atoms with Gasteiger partial charge in [-0.3, -0.25) is 0 Å². The van der Waals surface area contributed by atoms with E-state index >= 15 is 0 Å². The molecule has 1 rings (SSSR count). The number of rotatable bonds is 0. The molecule has 2 unspecified atom stereocenters. The largest absolute Gasteiger partial charge is 0.671 e. The smallest absolute Gasteiger partial charge is 0.0749 e. The van der Waals surface area contributed by atoms with Crippen molar-refractivity contribution in [1.29, 1.82) is 0 Å². The first kappa shape index (κ1) is 8.57. The van der Waals surface area contributed by atoms with E-state index in [1.54, 1.807) is 0 Å². The second-order valence-electron chi connectivity index (χ2n) is 1.78. The molecule has 0 spiro atoms. The molecule has 2 atom stereocenters. The summed E-state index contributed by atoms with van der Waals surface area (Å²) in [7, 11) is 0. The van der Waals surface area contributed by atoms with Gasteiger partial charge in [-0.05, 0) is 13.8 Å². The summed E-state index contributed by atoms with van der Waals surface area (Å²) in [4.78, 5) is 3.84. The summed E-state index contributed by atoms with van der Waals surface area (Å²) in [5.41, 5.74) is 0. The van der Waals surface area contributed by atoms with Crippen LogP contribution >= 0.6 is 0 Å². The molecule has 0 aromatic rings. The van der Waals surface area contributed by atoms with Gasteiger partial charge in [0, 0.05) is 38.8 Å². The average molecular weight is 187 g/mol. The predicted molar refractivity (Wildman–Crippen MR) is 27.4 cm³/mol. The molecule has 8 heavy (non-hydrogen) atoms. The van der Waals surface area contributed by atoms with Gasteiger partial charge in [-0.15, -0.1) is 0 Å². The summed E-state index contributed by atoms with van der Waals surface area (Å²) in [5.74, 6) is 0. The van der Waals surface area contributed by atoms with Crippen LogP contribution in [0.15, 0.2) is 4.99 Å². The zero-order valence-corrected chi connectivity index (χ0v) is 7.93. The summed E-state index contributed by atoms with van der Waals surface area (Å²) < 4.78 is 4.85. The van der Waals surface area contributed by atoms with Gasteiger partial charge < -0.3 is 9.73 Å². The maximum absolute atomic E-state index is 4.85. The maximum Gasteiger partial charge on any atom is 0.0749 e. The first-order valence-electron chi connectivity index (χ1n) is 2.41. The Kier molecular flexibility index (Phi) is 3.83. The van der Waals surface area contributed by atoms with Crippen LogP contribution in [0.4, 0.5) is 0 Å². The van der Waals surface area contributed by atoms with E-state index in [1.165, 1.54) is 0 Å². The second kappa shape index (κ2) is 3.57. The van der Waals surface area contributed by atoms with Crippen molar-refractivity contribution >= 4 is 6.40 Å². The summed E-state index contributed by atoms with van der Waals surface area (Å²) >= 11 is 0. The van der Waals surface area contributed by atoms with Crippen LogP contribution in [0.25, 0.3) is 0 Å². The molecule has 2 nitrogen and oxygen atoms in total. The first-order chi connectivity index (χ1) is 3.30. The molecule has 0 aliphatic carbocycles. The molecule has 43 valence electrons. The van der Waals surface area contributed by atoms with Crippen molar-refractivity contribution in [3.05, 3.63) is 0 Å². The van der Waals surface area contributed by atoms with E-state index in [1.807, 2.05) is 13.8 Å². The number of nitrogens with zero attached hydrogens (tertiary/aromatic N) is 1. The first-order valence-corrected chi connectivity index (χ1v) is 2.41. The minimum absolute atomic E-state index is 0. The molecular formula is C5H8NOY-. The average Bonchev–Trinajstić information content (AvgIpc) is 1.91. The second-order valence-corrected chi connectivity index (χ2v) is 1.78. The van der Waals surface area contributed by atoms with Crippen molar-refractivity contribution in [1.82, 2.24) is 0 Å². The molecular weight excluding hydrogens is 179 g/mol. The molecule has 3 heteroatoms. The Morgan fingerprint density at radius 1 is 1.50 bits per heavy atom.